The van der Waals surface area contributed by atoms with Crippen molar-refractivity contribution in [1.82, 2.24) is 10.2 Å². The Labute approximate surface area is 167 Å². The molecule has 7 heteroatoms. The molecule has 0 saturated carbocycles. The van der Waals surface area contributed by atoms with Crippen LogP contribution in [0.25, 0.3) is 0 Å². The zero-order chi connectivity index (χ0) is 19.4. The lowest BCUT2D eigenvalue weighted by molar-refractivity contribution is -0.113. The molecule has 27 heavy (non-hydrogen) atoms. The first-order valence-electron chi connectivity index (χ1n) is 8.48. The molecule has 3 rings (SSSR count). The van der Waals surface area contributed by atoms with E-state index in [1.165, 1.54) is 22.9 Å². The van der Waals surface area contributed by atoms with Crippen molar-refractivity contribution >= 4 is 35.0 Å². The molecule has 5 nitrogen and oxygen atoms in total. The highest BCUT2D eigenvalue weighted by Crippen LogP contribution is 2.22. The van der Waals surface area contributed by atoms with E-state index in [9.17, 15) is 4.79 Å². The van der Waals surface area contributed by atoms with Gasteiger partial charge in [-0.1, -0.05) is 47.6 Å². The minimum Gasteiger partial charge on any atom is -0.416 e. The summed E-state index contributed by atoms with van der Waals surface area (Å²) in [7, 11) is 0. The zero-order valence-electron chi connectivity index (χ0n) is 15.4. The van der Waals surface area contributed by atoms with Gasteiger partial charge in [0.25, 0.3) is 5.22 Å². The van der Waals surface area contributed by atoms with Crippen LogP contribution in [-0.4, -0.2) is 21.9 Å². The molecule has 0 spiro atoms. The lowest BCUT2D eigenvalue weighted by atomic mass is 10.0. The Morgan fingerprint density at radius 1 is 1.07 bits per heavy atom. The third-order valence-corrected chi connectivity index (χ3v) is 5.23. The Balaban J connectivity index is 1.55. The van der Waals surface area contributed by atoms with Crippen LogP contribution in [0.5, 0.6) is 0 Å². The summed E-state index contributed by atoms with van der Waals surface area (Å²) in [5.74, 6) is 0.558. The third-order valence-electron chi connectivity index (χ3n) is 4.18. The largest absolute Gasteiger partial charge is 0.416 e. The Bertz CT molecular complexity index is 972. The second-order valence-electron chi connectivity index (χ2n) is 6.35. The lowest BCUT2D eigenvalue weighted by Gasteiger charge is -2.07. The zero-order valence-corrected chi connectivity index (χ0v) is 16.9. The van der Waals surface area contributed by atoms with Crippen molar-refractivity contribution in [2.24, 2.45) is 0 Å². The maximum Gasteiger partial charge on any atom is 0.277 e. The van der Waals surface area contributed by atoms with Gasteiger partial charge < -0.3 is 9.73 Å². The highest BCUT2D eigenvalue weighted by Gasteiger charge is 2.12. The van der Waals surface area contributed by atoms with Gasteiger partial charge >= 0.3 is 0 Å². The molecule has 0 atom stereocenters. The first kappa shape index (κ1) is 19.5. The molecule has 0 bridgehead atoms. The molecule has 0 fully saturated rings. The summed E-state index contributed by atoms with van der Waals surface area (Å²) in [6.45, 7) is 6.07. The van der Waals surface area contributed by atoms with Crippen LogP contribution in [0.4, 0.5) is 5.69 Å². The van der Waals surface area contributed by atoms with Crippen LogP contribution in [-0.2, 0) is 11.2 Å². The summed E-state index contributed by atoms with van der Waals surface area (Å²) in [6, 6.07) is 11.6. The standard InChI is InChI=1S/C20H20ClN3O2S/c1-12-4-6-15(8-14(12)3)9-19-23-24-20(26-19)27-11-18(25)22-17-10-16(21)7-5-13(17)2/h4-8,10H,9,11H2,1-3H3,(H,22,25). The van der Waals surface area contributed by atoms with Gasteiger partial charge in [0.1, 0.15) is 0 Å². The molecule has 0 aliphatic heterocycles. The van der Waals surface area contributed by atoms with E-state index in [4.69, 9.17) is 16.0 Å². The van der Waals surface area contributed by atoms with Crippen LogP contribution in [0.15, 0.2) is 46.0 Å². The minimum atomic E-state index is -0.153. The number of hydrogen-bond acceptors (Lipinski definition) is 5. The molecule has 0 radical (unpaired) electrons. The molecule has 2 aromatic carbocycles. The number of halogens is 1. The second-order valence-corrected chi connectivity index (χ2v) is 7.72. The van der Waals surface area contributed by atoms with Gasteiger partial charge in [0.05, 0.1) is 12.2 Å². The summed E-state index contributed by atoms with van der Waals surface area (Å²) in [4.78, 5) is 12.2. The fourth-order valence-corrected chi connectivity index (χ4v) is 3.25. The van der Waals surface area contributed by atoms with E-state index < -0.39 is 0 Å². The predicted octanol–water partition coefficient (Wildman–Crippen LogP) is 4.97. The Hall–Kier alpha value is -2.31. The van der Waals surface area contributed by atoms with Crippen LogP contribution >= 0.6 is 23.4 Å². The van der Waals surface area contributed by atoms with Gasteiger partial charge in [0.2, 0.25) is 11.8 Å². The molecule has 1 heterocycles. The molecule has 0 saturated heterocycles. The molecule has 140 valence electrons. The number of anilines is 1. The van der Waals surface area contributed by atoms with Gasteiger partial charge in [-0.2, -0.15) is 0 Å². The fraction of sp³-hybridized carbons (Fsp3) is 0.250. The molecule has 1 aromatic heterocycles. The molecule has 0 aliphatic carbocycles. The van der Waals surface area contributed by atoms with E-state index in [1.54, 1.807) is 12.1 Å². The predicted molar refractivity (Wildman–Crippen MR) is 109 cm³/mol. The summed E-state index contributed by atoms with van der Waals surface area (Å²) in [5, 5.41) is 11.9. The number of nitrogens with zero attached hydrogens (tertiary/aromatic N) is 2. The average molecular weight is 402 g/mol. The van der Waals surface area contributed by atoms with E-state index in [1.807, 2.05) is 13.0 Å². The van der Waals surface area contributed by atoms with E-state index in [-0.39, 0.29) is 11.7 Å². The van der Waals surface area contributed by atoms with Gasteiger partial charge in [-0.25, -0.2) is 0 Å². The van der Waals surface area contributed by atoms with Gasteiger partial charge in [-0.15, -0.1) is 10.2 Å². The van der Waals surface area contributed by atoms with Crippen molar-refractivity contribution in [3.63, 3.8) is 0 Å². The first-order chi connectivity index (χ1) is 12.9. The highest BCUT2D eigenvalue weighted by atomic mass is 35.5. The van der Waals surface area contributed by atoms with E-state index in [0.717, 1.165) is 11.1 Å². The minimum absolute atomic E-state index is 0.153. The van der Waals surface area contributed by atoms with Crippen molar-refractivity contribution in [3.05, 3.63) is 69.6 Å². The summed E-state index contributed by atoms with van der Waals surface area (Å²) < 4.78 is 5.64. The van der Waals surface area contributed by atoms with Crippen molar-refractivity contribution in [1.29, 1.82) is 0 Å². The number of carbonyl (C=O) groups is 1. The van der Waals surface area contributed by atoms with Crippen LogP contribution in [0.3, 0.4) is 0 Å². The SMILES string of the molecule is Cc1ccc(Cc2nnc(SCC(=O)Nc3cc(Cl)ccc3C)o2)cc1C. The van der Waals surface area contributed by atoms with Crippen molar-refractivity contribution < 1.29 is 9.21 Å². The first-order valence-corrected chi connectivity index (χ1v) is 9.84. The summed E-state index contributed by atoms with van der Waals surface area (Å²) in [5.41, 5.74) is 5.25. The van der Waals surface area contributed by atoms with Crippen molar-refractivity contribution in [2.45, 2.75) is 32.4 Å². The summed E-state index contributed by atoms with van der Waals surface area (Å²) in [6.07, 6.45) is 0.572. The number of nitrogens with one attached hydrogen (secondary N) is 1. The topological polar surface area (TPSA) is 68.0 Å². The molecule has 1 amide bonds. The Kier molecular flexibility index (Phi) is 6.19. The number of hydrogen-bond donors (Lipinski definition) is 1. The monoisotopic (exact) mass is 401 g/mol. The van der Waals surface area contributed by atoms with E-state index in [0.29, 0.717) is 28.2 Å². The molecule has 0 unspecified atom stereocenters. The number of aryl methyl sites for hydroxylation is 3. The van der Waals surface area contributed by atoms with Crippen LogP contribution in [0, 0.1) is 20.8 Å². The van der Waals surface area contributed by atoms with Crippen LogP contribution < -0.4 is 5.32 Å². The van der Waals surface area contributed by atoms with Crippen molar-refractivity contribution in [2.75, 3.05) is 11.1 Å². The normalized spacial score (nSPS) is 10.8. The van der Waals surface area contributed by atoms with Gasteiger partial charge in [0, 0.05) is 10.7 Å². The number of amides is 1. The van der Waals surface area contributed by atoms with Gasteiger partial charge in [-0.3, -0.25) is 4.79 Å². The number of carbonyl (C=O) groups excluding carboxylic acids is 1. The lowest BCUT2D eigenvalue weighted by Crippen LogP contribution is -2.14. The maximum atomic E-state index is 12.2. The second kappa shape index (κ2) is 8.59. The number of thioether (sulfide) groups is 1. The number of benzene rings is 2. The van der Waals surface area contributed by atoms with E-state index >= 15 is 0 Å². The van der Waals surface area contributed by atoms with Gasteiger partial charge in [-0.05, 0) is 55.2 Å². The number of rotatable bonds is 6. The molecular formula is C20H20ClN3O2S. The third kappa shape index (κ3) is 5.34. The van der Waals surface area contributed by atoms with Crippen molar-refractivity contribution in [3.8, 4) is 0 Å². The molecular weight excluding hydrogens is 382 g/mol. The Morgan fingerprint density at radius 2 is 1.85 bits per heavy atom. The molecule has 0 aliphatic rings. The highest BCUT2D eigenvalue weighted by molar-refractivity contribution is 7.99. The van der Waals surface area contributed by atoms with Crippen LogP contribution in [0.1, 0.15) is 28.1 Å². The summed E-state index contributed by atoms with van der Waals surface area (Å²) >= 11 is 7.18. The maximum absolute atomic E-state index is 12.2. The smallest absolute Gasteiger partial charge is 0.277 e. The Morgan fingerprint density at radius 3 is 2.63 bits per heavy atom. The van der Waals surface area contributed by atoms with E-state index in [2.05, 4.69) is 47.6 Å². The fourth-order valence-electron chi connectivity index (χ4n) is 2.50. The molecule has 1 N–H and O–H groups in total. The average Bonchev–Trinajstić information content (AvgIpc) is 3.07. The number of aromatic nitrogens is 2. The van der Waals surface area contributed by atoms with Crippen LogP contribution in [0.2, 0.25) is 5.02 Å². The molecule has 3 aromatic rings. The van der Waals surface area contributed by atoms with Gasteiger partial charge in [0.15, 0.2) is 0 Å². The quantitative estimate of drug-likeness (QED) is 0.590.